The summed E-state index contributed by atoms with van der Waals surface area (Å²) in [5.41, 5.74) is 1.09. The molecule has 21 heavy (non-hydrogen) atoms. The van der Waals surface area contributed by atoms with Crippen LogP contribution in [0.4, 0.5) is 4.79 Å². The van der Waals surface area contributed by atoms with E-state index >= 15 is 0 Å². The van der Waals surface area contributed by atoms with Gasteiger partial charge in [0.2, 0.25) is 0 Å². The minimum Gasteiger partial charge on any atom is -0.446 e. The van der Waals surface area contributed by atoms with Crippen LogP contribution in [0, 0.1) is 0 Å². The van der Waals surface area contributed by atoms with E-state index in [0.29, 0.717) is 11.3 Å². The highest BCUT2D eigenvalue weighted by molar-refractivity contribution is 7.83. The number of nitrogens with zero attached hydrogens (tertiary/aromatic N) is 1. The first-order chi connectivity index (χ1) is 10.3. The molecule has 2 aromatic rings. The van der Waals surface area contributed by atoms with Gasteiger partial charge in [0, 0.05) is 0 Å². The van der Waals surface area contributed by atoms with Gasteiger partial charge in [-0.05, 0) is 24.1 Å². The van der Waals surface area contributed by atoms with Crippen LogP contribution >= 0.6 is 0 Å². The van der Waals surface area contributed by atoms with Gasteiger partial charge in [0.1, 0.15) is 6.61 Å². The van der Waals surface area contributed by atoms with Crippen molar-refractivity contribution in [2.24, 2.45) is 0 Å². The Morgan fingerprint density at radius 2 is 1.67 bits per heavy atom. The molecule has 1 heterocycles. The third-order valence-electron chi connectivity index (χ3n) is 3.35. The van der Waals surface area contributed by atoms with Crippen molar-refractivity contribution < 1.29 is 13.7 Å². The molecule has 1 saturated heterocycles. The molecule has 2 aromatic carbocycles. The van der Waals surface area contributed by atoms with E-state index in [1.165, 1.54) is 4.31 Å². The molecule has 0 aliphatic carbocycles. The maximum absolute atomic E-state index is 12.6. The van der Waals surface area contributed by atoms with Crippen molar-refractivity contribution in [1.29, 1.82) is 0 Å². The van der Waals surface area contributed by atoms with Crippen LogP contribution in [0.1, 0.15) is 5.56 Å². The minimum atomic E-state index is -1.53. The molecular formula is C16H15NO3S. The Labute approximate surface area is 125 Å². The zero-order valence-corrected chi connectivity index (χ0v) is 12.2. The second-order valence-electron chi connectivity index (χ2n) is 4.81. The number of carbonyl (C=O) groups is 1. The molecule has 4 nitrogen and oxygen atoms in total. The molecular weight excluding hydrogens is 286 g/mol. The SMILES string of the molecule is O=C1OC[C@H](Cc2ccccc2)N1[S@@](=O)c1ccccc1. The van der Waals surface area contributed by atoms with Crippen LogP contribution in [-0.2, 0) is 22.1 Å². The van der Waals surface area contributed by atoms with Crippen molar-refractivity contribution in [3.05, 3.63) is 66.2 Å². The quantitative estimate of drug-likeness (QED) is 0.872. The van der Waals surface area contributed by atoms with E-state index < -0.39 is 17.1 Å². The van der Waals surface area contributed by atoms with E-state index in [0.717, 1.165) is 5.56 Å². The number of carbonyl (C=O) groups excluding carboxylic acids is 1. The van der Waals surface area contributed by atoms with E-state index in [9.17, 15) is 9.00 Å². The molecule has 0 unspecified atom stereocenters. The number of cyclic esters (lactones) is 1. The Hall–Kier alpha value is -2.14. The zero-order chi connectivity index (χ0) is 14.7. The van der Waals surface area contributed by atoms with Gasteiger partial charge in [-0.1, -0.05) is 48.5 Å². The van der Waals surface area contributed by atoms with Gasteiger partial charge in [-0.2, -0.15) is 0 Å². The molecule has 108 valence electrons. The van der Waals surface area contributed by atoms with Crippen LogP contribution in [0.15, 0.2) is 65.6 Å². The first-order valence-electron chi connectivity index (χ1n) is 6.72. The van der Waals surface area contributed by atoms with Gasteiger partial charge in [0.15, 0.2) is 11.0 Å². The fourth-order valence-electron chi connectivity index (χ4n) is 2.33. The lowest BCUT2D eigenvalue weighted by Gasteiger charge is -2.20. The summed E-state index contributed by atoms with van der Waals surface area (Å²) < 4.78 is 19.0. The van der Waals surface area contributed by atoms with Crippen LogP contribution in [0.3, 0.4) is 0 Å². The predicted octanol–water partition coefficient (Wildman–Crippen LogP) is 2.77. The number of hydrogen-bond acceptors (Lipinski definition) is 3. The van der Waals surface area contributed by atoms with Gasteiger partial charge < -0.3 is 4.74 Å². The summed E-state index contributed by atoms with van der Waals surface area (Å²) in [4.78, 5) is 12.5. The van der Waals surface area contributed by atoms with Crippen LogP contribution < -0.4 is 0 Å². The molecule has 0 aromatic heterocycles. The molecule has 1 amide bonds. The normalized spacial score (nSPS) is 19.3. The maximum atomic E-state index is 12.6. The molecule has 3 rings (SSSR count). The summed E-state index contributed by atoms with van der Waals surface area (Å²) in [7, 11) is -1.53. The summed E-state index contributed by atoms with van der Waals surface area (Å²) in [5, 5.41) is 0. The second kappa shape index (κ2) is 6.10. The Bertz CT molecular complexity index is 645. The number of amides is 1. The summed E-state index contributed by atoms with van der Waals surface area (Å²) in [5.74, 6) is 0. The molecule has 2 atom stereocenters. The topological polar surface area (TPSA) is 46.6 Å². The molecule has 0 saturated carbocycles. The third-order valence-corrected chi connectivity index (χ3v) is 4.83. The van der Waals surface area contributed by atoms with Crippen molar-refractivity contribution in [3.8, 4) is 0 Å². The molecule has 1 aliphatic rings. The molecule has 1 aliphatic heterocycles. The minimum absolute atomic E-state index is 0.207. The summed E-state index contributed by atoms with van der Waals surface area (Å²) in [6.07, 6.45) is 0.114. The molecule has 0 bridgehead atoms. The largest absolute Gasteiger partial charge is 0.446 e. The maximum Gasteiger partial charge on any atom is 0.422 e. The van der Waals surface area contributed by atoms with E-state index in [-0.39, 0.29) is 12.6 Å². The lowest BCUT2D eigenvalue weighted by molar-refractivity contribution is 0.170. The summed E-state index contributed by atoms with van der Waals surface area (Å²) >= 11 is 0. The van der Waals surface area contributed by atoms with E-state index in [1.807, 2.05) is 36.4 Å². The first kappa shape index (κ1) is 13.8. The van der Waals surface area contributed by atoms with Crippen LogP contribution in [-0.4, -0.2) is 27.3 Å². The summed E-state index contributed by atoms with van der Waals surface area (Å²) in [6.45, 7) is 0.270. The highest BCUT2D eigenvalue weighted by Gasteiger charge is 2.37. The average molecular weight is 301 g/mol. The van der Waals surface area contributed by atoms with E-state index in [2.05, 4.69) is 0 Å². The highest BCUT2D eigenvalue weighted by Crippen LogP contribution is 2.22. The Morgan fingerprint density at radius 3 is 2.33 bits per heavy atom. The summed E-state index contributed by atoms with van der Waals surface area (Å²) in [6, 6.07) is 18.6. The Morgan fingerprint density at radius 1 is 1.05 bits per heavy atom. The lowest BCUT2D eigenvalue weighted by atomic mass is 10.1. The van der Waals surface area contributed by atoms with Gasteiger partial charge >= 0.3 is 6.09 Å². The van der Waals surface area contributed by atoms with Gasteiger partial charge in [-0.3, -0.25) is 0 Å². The molecule has 0 spiro atoms. The Balaban J connectivity index is 1.81. The van der Waals surface area contributed by atoms with Gasteiger partial charge in [0.05, 0.1) is 10.9 Å². The second-order valence-corrected chi connectivity index (χ2v) is 6.17. The van der Waals surface area contributed by atoms with E-state index in [4.69, 9.17) is 4.74 Å². The van der Waals surface area contributed by atoms with Crippen LogP contribution in [0.25, 0.3) is 0 Å². The average Bonchev–Trinajstić information content (AvgIpc) is 2.89. The number of benzene rings is 2. The number of rotatable bonds is 4. The first-order valence-corrected chi connectivity index (χ1v) is 7.83. The molecule has 5 heteroatoms. The fourth-order valence-corrected chi connectivity index (χ4v) is 3.54. The predicted molar refractivity (Wildman–Crippen MR) is 80.0 cm³/mol. The third kappa shape index (κ3) is 2.97. The highest BCUT2D eigenvalue weighted by atomic mass is 32.2. The van der Waals surface area contributed by atoms with Crippen molar-refractivity contribution >= 4 is 17.1 Å². The van der Waals surface area contributed by atoms with Crippen molar-refractivity contribution in [1.82, 2.24) is 4.31 Å². The van der Waals surface area contributed by atoms with Crippen molar-refractivity contribution in [3.63, 3.8) is 0 Å². The Kier molecular flexibility index (Phi) is 4.01. The smallest absolute Gasteiger partial charge is 0.422 e. The van der Waals surface area contributed by atoms with Crippen LogP contribution in [0.5, 0.6) is 0 Å². The monoisotopic (exact) mass is 301 g/mol. The molecule has 0 radical (unpaired) electrons. The zero-order valence-electron chi connectivity index (χ0n) is 11.3. The van der Waals surface area contributed by atoms with Gasteiger partial charge in [0.25, 0.3) is 0 Å². The van der Waals surface area contributed by atoms with Crippen molar-refractivity contribution in [2.75, 3.05) is 6.61 Å². The molecule has 1 fully saturated rings. The standard InChI is InChI=1S/C16H15NO3S/c18-16-17(21(19)15-9-5-2-6-10-15)14(12-20-16)11-13-7-3-1-4-8-13/h1-10,14H,11-12H2/t14-,21-/m0/s1. The number of ether oxygens (including phenoxy) is 1. The lowest BCUT2D eigenvalue weighted by Crippen LogP contribution is -2.36. The van der Waals surface area contributed by atoms with Crippen LogP contribution in [0.2, 0.25) is 0 Å². The number of hydrogen-bond donors (Lipinski definition) is 0. The van der Waals surface area contributed by atoms with Gasteiger partial charge in [-0.15, -0.1) is 0 Å². The molecule has 0 N–H and O–H groups in total. The van der Waals surface area contributed by atoms with Gasteiger partial charge in [-0.25, -0.2) is 13.3 Å². The fraction of sp³-hybridized carbons (Fsp3) is 0.188. The van der Waals surface area contributed by atoms with Crippen molar-refractivity contribution in [2.45, 2.75) is 17.4 Å². The van der Waals surface area contributed by atoms with E-state index in [1.54, 1.807) is 24.3 Å².